The van der Waals surface area contributed by atoms with Gasteiger partial charge in [-0.1, -0.05) is 0 Å². The highest BCUT2D eigenvalue weighted by atomic mass is 16.6. The molecule has 2 heterocycles. The lowest BCUT2D eigenvalue weighted by Crippen LogP contribution is -2.48. The van der Waals surface area contributed by atoms with Crippen LogP contribution in [-0.4, -0.2) is 58.9 Å². The van der Waals surface area contributed by atoms with E-state index in [-0.39, 0.29) is 23.2 Å². The molecule has 3 rings (SSSR count). The summed E-state index contributed by atoms with van der Waals surface area (Å²) in [5, 5.41) is 19.9. The lowest BCUT2D eigenvalue weighted by Gasteiger charge is -2.34. The van der Waals surface area contributed by atoms with Crippen LogP contribution >= 0.6 is 0 Å². The first-order valence-electron chi connectivity index (χ1n) is 8.10. The fraction of sp³-hybridized carbons (Fsp3) is 0.412. The van der Waals surface area contributed by atoms with E-state index in [1.165, 1.54) is 18.2 Å². The third-order valence-electron chi connectivity index (χ3n) is 4.22. The number of benzene rings is 1. The Kier molecular flexibility index (Phi) is 4.80. The molecule has 0 atom stereocenters. The minimum Gasteiger partial charge on any atom is -0.504 e. The third kappa shape index (κ3) is 3.69. The van der Waals surface area contributed by atoms with E-state index in [4.69, 9.17) is 9.15 Å². The van der Waals surface area contributed by atoms with Gasteiger partial charge in [0.2, 0.25) is 0 Å². The molecule has 0 aliphatic carbocycles. The molecule has 8 heteroatoms. The van der Waals surface area contributed by atoms with Gasteiger partial charge in [0.1, 0.15) is 5.58 Å². The molecule has 0 unspecified atom stereocenters. The number of piperazine rings is 1. The smallest absolute Gasteiger partial charge is 0.409 e. The predicted octanol–water partition coefficient (Wildman–Crippen LogP) is 1.48. The van der Waals surface area contributed by atoms with Gasteiger partial charge in [-0.05, 0) is 18.6 Å². The minimum atomic E-state index is -0.516. The maximum absolute atomic E-state index is 11.8. The molecule has 1 aromatic heterocycles. The van der Waals surface area contributed by atoms with Crippen LogP contribution in [0.5, 0.6) is 11.5 Å². The molecule has 1 aromatic carbocycles. The van der Waals surface area contributed by atoms with Crippen LogP contribution in [0.15, 0.2) is 27.4 Å². The summed E-state index contributed by atoms with van der Waals surface area (Å²) in [6.07, 6.45) is -0.312. The molecule has 2 aromatic rings. The van der Waals surface area contributed by atoms with Crippen molar-refractivity contribution < 1.29 is 24.2 Å². The van der Waals surface area contributed by atoms with Gasteiger partial charge in [0, 0.05) is 50.2 Å². The lowest BCUT2D eigenvalue weighted by molar-refractivity contribution is 0.0779. The molecule has 1 saturated heterocycles. The van der Waals surface area contributed by atoms with E-state index in [0.29, 0.717) is 50.3 Å². The molecule has 0 saturated carbocycles. The van der Waals surface area contributed by atoms with Crippen molar-refractivity contribution in [1.29, 1.82) is 0 Å². The number of phenolic OH excluding ortho intramolecular Hbond substituents is 2. The summed E-state index contributed by atoms with van der Waals surface area (Å²) in [6, 6.07) is 4.00. The Morgan fingerprint density at radius 3 is 2.52 bits per heavy atom. The third-order valence-corrected chi connectivity index (χ3v) is 4.22. The second-order valence-corrected chi connectivity index (χ2v) is 5.89. The van der Waals surface area contributed by atoms with Gasteiger partial charge in [-0.3, -0.25) is 4.90 Å². The van der Waals surface area contributed by atoms with Gasteiger partial charge in [0.05, 0.1) is 6.61 Å². The molecule has 134 valence electrons. The largest absolute Gasteiger partial charge is 0.504 e. The van der Waals surface area contributed by atoms with Gasteiger partial charge in [-0.25, -0.2) is 9.59 Å². The van der Waals surface area contributed by atoms with Gasteiger partial charge >= 0.3 is 11.7 Å². The zero-order valence-corrected chi connectivity index (χ0v) is 13.9. The maximum atomic E-state index is 11.8. The number of aromatic hydroxyl groups is 2. The van der Waals surface area contributed by atoms with E-state index >= 15 is 0 Å². The van der Waals surface area contributed by atoms with Crippen LogP contribution < -0.4 is 5.63 Å². The summed E-state index contributed by atoms with van der Waals surface area (Å²) in [4.78, 5) is 27.2. The maximum Gasteiger partial charge on any atom is 0.409 e. The molecular weight excluding hydrogens is 328 g/mol. The molecule has 1 aliphatic heterocycles. The lowest BCUT2D eigenvalue weighted by atomic mass is 10.1. The Bertz CT molecular complexity index is 839. The van der Waals surface area contributed by atoms with E-state index in [1.807, 2.05) is 0 Å². The molecule has 0 spiro atoms. The van der Waals surface area contributed by atoms with Crippen LogP contribution in [-0.2, 0) is 11.3 Å². The fourth-order valence-electron chi connectivity index (χ4n) is 2.93. The average molecular weight is 348 g/mol. The van der Waals surface area contributed by atoms with E-state index in [0.717, 1.165) is 0 Å². The van der Waals surface area contributed by atoms with E-state index in [2.05, 4.69) is 4.90 Å². The molecular formula is C17H20N2O6. The van der Waals surface area contributed by atoms with Crippen LogP contribution in [0.4, 0.5) is 4.79 Å². The van der Waals surface area contributed by atoms with Crippen molar-refractivity contribution in [3.63, 3.8) is 0 Å². The quantitative estimate of drug-likeness (QED) is 0.639. The molecule has 0 bridgehead atoms. The summed E-state index contributed by atoms with van der Waals surface area (Å²) in [5.41, 5.74) is 0.409. The highest BCUT2D eigenvalue weighted by Crippen LogP contribution is 2.31. The highest BCUT2D eigenvalue weighted by Gasteiger charge is 2.22. The van der Waals surface area contributed by atoms with Gasteiger partial charge in [0.15, 0.2) is 11.5 Å². The number of nitrogens with zero attached hydrogens (tertiary/aromatic N) is 2. The number of hydrogen-bond acceptors (Lipinski definition) is 7. The first-order valence-corrected chi connectivity index (χ1v) is 8.10. The summed E-state index contributed by atoms with van der Waals surface area (Å²) >= 11 is 0. The highest BCUT2D eigenvalue weighted by molar-refractivity contribution is 5.83. The molecule has 1 aliphatic rings. The number of carbonyl (C=O) groups is 1. The van der Waals surface area contributed by atoms with Crippen molar-refractivity contribution in [3.8, 4) is 11.5 Å². The van der Waals surface area contributed by atoms with Gasteiger partial charge in [0.25, 0.3) is 0 Å². The second kappa shape index (κ2) is 7.02. The summed E-state index contributed by atoms with van der Waals surface area (Å²) < 4.78 is 10.1. The number of phenols is 2. The van der Waals surface area contributed by atoms with E-state index in [9.17, 15) is 19.8 Å². The van der Waals surface area contributed by atoms with Crippen molar-refractivity contribution in [2.45, 2.75) is 13.5 Å². The zero-order valence-electron chi connectivity index (χ0n) is 13.9. The van der Waals surface area contributed by atoms with Crippen LogP contribution in [0, 0.1) is 0 Å². The van der Waals surface area contributed by atoms with Crippen molar-refractivity contribution in [2.24, 2.45) is 0 Å². The van der Waals surface area contributed by atoms with Crippen LogP contribution in [0.3, 0.4) is 0 Å². The SMILES string of the molecule is CCOC(=O)N1CCN(Cc2cc(=O)oc3cc(O)c(O)cc23)CC1. The normalized spacial score (nSPS) is 15.5. The number of rotatable bonds is 3. The summed E-state index contributed by atoms with van der Waals surface area (Å²) in [7, 11) is 0. The average Bonchev–Trinajstić information content (AvgIpc) is 2.57. The van der Waals surface area contributed by atoms with Crippen molar-refractivity contribution >= 4 is 17.1 Å². The molecule has 1 amide bonds. The Labute approximate surface area is 143 Å². The summed E-state index contributed by atoms with van der Waals surface area (Å²) in [5.74, 6) is -0.606. The van der Waals surface area contributed by atoms with Crippen LogP contribution in [0.1, 0.15) is 12.5 Å². The topological polar surface area (TPSA) is 103 Å². The van der Waals surface area contributed by atoms with E-state index < -0.39 is 5.63 Å². The standard InChI is InChI=1S/C17H20N2O6/c1-2-24-17(23)19-5-3-18(4-6-19)10-11-7-16(22)25-15-9-14(21)13(20)8-12(11)15/h7-9,20-21H,2-6,10H2,1H3. The number of ether oxygens (including phenoxy) is 1. The number of carbonyl (C=O) groups excluding carboxylic acids is 1. The Hall–Kier alpha value is -2.74. The fourth-order valence-corrected chi connectivity index (χ4v) is 2.93. The summed E-state index contributed by atoms with van der Waals surface area (Å²) in [6.45, 7) is 4.97. The first-order chi connectivity index (χ1) is 12.0. The monoisotopic (exact) mass is 348 g/mol. The number of hydrogen-bond donors (Lipinski definition) is 2. The molecule has 1 fully saturated rings. The Balaban J connectivity index is 1.77. The van der Waals surface area contributed by atoms with E-state index in [1.54, 1.807) is 11.8 Å². The Morgan fingerprint density at radius 1 is 1.16 bits per heavy atom. The van der Waals surface area contributed by atoms with Crippen molar-refractivity contribution in [2.75, 3.05) is 32.8 Å². The first kappa shape index (κ1) is 17.1. The van der Waals surface area contributed by atoms with Gasteiger partial charge in [-0.2, -0.15) is 0 Å². The van der Waals surface area contributed by atoms with Crippen LogP contribution in [0.2, 0.25) is 0 Å². The molecule has 8 nitrogen and oxygen atoms in total. The van der Waals surface area contributed by atoms with Gasteiger partial charge < -0.3 is 24.3 Å². The van der Waals surface area contributed by atoms with Crippen molar-refractivity contribution in [3.05, 3.63) is 34.2 Å². The molecule has 0 radical (unpaired) electrons. The number of fused-ring (bicyclic) bond motifs is 1. The van der Waals surface area contributed by atoms with Crippen molar-refractivity contribution in [1.82, 2.24) is 9.80 Å². The molecule has 25 heavy (non-hydrogen) atoms. The van der Waals surface area contributed by atoms with Gasteiger partial charge in [-0.15, -0.1) is 0 Å². The zero-order chi connectivity index (χ0) is 18.0. The van der Waals surface area contributed by atoms with Crippen LogP contribution in [0.25, 0.3) is 11.0 Å². The predicted molar refractivity (Wildman–Crippen MR) is 89.7 cm³/mol. The second-order valence-electron chi connectivity index (χ2n) is 5.89. The number of amides is 1. The minimum absolute atomic E-state index is 0.225. The molecule has 2 N–H and O–H groups in total. The Morgan fingerprint density at radius 2 is 1.84 bits per heavy atom.